The van der Waals surface area contributed by atoms with Gasteiger partial charge in [-0.2, -0.15) is 11.8 Å². The third-order valence-electron chi connectivity index (χ3n) is 3.83. The van der Waals surface area contributed by atoms with Crippen LogP contribution in [-0.2, 0) is 0 Å². The van der Waals surface area contributed by atoms with E-state index in [2.05, 4.69) is 56.8 Å². The summed E-state index contributed by atoms with van der Waals surface area (Å²) in [7, 11) is 0. The molecular weight excluding hydrogens is 320 g/mol. The van der Waals surface area contributed by atoms with Crippen LogP contribution in [0.15, 0.2) is 34.9 Å². The standard InChI is InChI=1S/C15H17BrN2S/c1-19-14-7-3-6-13(14)18-15-11-4-2-5-12(16)10(11)8-9-17-15/h2,4-5,8-9,13-14H,3,6-7H2,1H3,(H,17,18). The molecule has 100 valence electrons. The molecule has 1 N–H and O–H groups in total. The quantitative estimate of drug-likeness (QED) is 0.879. The summed E-state index contributed by atoms with van der Waals surface area (Å²) in [5.41, 5.74) is 0. The van der Waals surface area contributed by atoms with Gasteiger partial charge in [-0.3, -0.25) is 0 Å². The van der Waals surface area contributed by atoms with Crippen LogP contribution in [-0.4, -0.2) is 22.5 Å². The molecule has 0 radical (unpaired) electrons. The number of nitrogens with zero attached hydrogens (tertiary/aromatic N) is 1. The second kappa shape index (κ2) is 5.71. The van der Waals surface area contributed by atoms with Gasteiger partial charge in [-0.05, 0) is 31.2 Å². The van der Waals surface area contributed by atoms with Crippen LogP contribution in [0, 0.1) is 0 Å². The van der Waals surface area contributed by atoms with Crippen LogP contribution >= 0.6 is 27.7 Å². The van der Waals surface area contributed by atoms with Crippen molar-refractivity contribution in [2.24, 2.45) is 0 Å². The summed E-state index contributed by atoms with van der Waals surface area (Å²) >= 11 is 5.58. The predicted molar refractivity (Wildman–Crippen MR) is 88.0 cm³/mol. The Balaban J connectivity index is 1.95. The first-order chi connectivity index (χ1) is 9.29. The Hall–Kier alpha value is -0.740. The van der Waals surface area contributed by atoms with Gasteiger partial charge in [-0.15, -0.1) is 0 Å². The first-order valence-corrected chi connectivity index (χ1v) is 8.70. The molecule has 1 heterocycles. The minimum atomic E-state index is 0.548. The zero-order chi connectivity index (χ0) is 13.2. The summed E-state index contributed by atoms with van der Waals surface area (Å²) in [6.07, 6.45) is 7.97. The van der Waals surface area contributed by atoms with Gasteiger partial charge >= 0.3 is 0 Å². The lowest BCUT2D eigenvalue weighted by Crippen LogP contribution is -2.26. The van der Waals surface area contributed by atoms with Gasteiger partial charge < -0.3 is 5.32 Å². The monoisotopic (exact) mass is 336 g/mol. The number of rotatable bonds is 3. The average molecular weight is 337 g/mol. The molecule has 2 nitrogen and oxygen atoms in total. The first kappa shape index (κ1) is 13.3. The van der Waals surface area contributed by atoms with Crippen molar-refractivity contribution in [2.45, 2.75) is 30.6 Å². The smallest absolute Gasteiger partial charge is 0.134 e. The summed E-state index contributed by atoms with van der Waals surface area (Å²) in [5, 5.41) is 6.79. The average Bonchev–Trinajstić information content (AvgIpc) is 2.87. The highest BCUT2D eigenvalue weighted by Gasteiger charge is 2.26. The van der Waals surface area contributed by atoms with Crippen molar-refractivity contribution >= 4 is 44.3 Å². The molecule has 1 aromatic heterocycles. The maximum Gasteiger partial charge on any atom is 0.134 e. The van der Waals surface area contributed by atoms with Crippen LogP contribution in [0.1, 0.15) is 19.3 Å². The van der Waals surface area contributed by atoms with Crippen molar-refractivity contribution in [2.75, 3.05) is 11.6 Å². The van der Waals surface area contributed by atoms with Crippen LogP contribution in [0.25, 0.3) is 10.8 Å². The van der Waals surface area contributed by atoms with Gasteiger partial charge in [0.2, 0.25) is 0 Å². The highest BCUT2D eigenvalue weighted by atomic mass is 79.9. The topological polar surface area (TPSA) is 24.9 Å². The number of hydrogen-bond donors (Lipinski definition) is 1. The molecule has 4 heteroatoms. The number of benzene rings is 1. The van der Waals surface area contributed by atoms with Gasteiger partial charge in [-0.1, -0.05) is 34.5 Å². The van der Waals surface area contributed by atoms with Gasteiger partial charge in [-0.25, -0.2) is 4.98 Å². The van der Waals surface area contributed by atoms with E-state index >= 15 is 0 Å². The molecule has 0 amide bonds. The number of fused-ring (bicyclic) bond motifs is 1. The molecule has 2 aromatic rings. The van der Waals surface area contributed by atoms with Crippen molar-refractivity contribution in [1.29, 1.82) is 0 Å². The van der Waals surface area contributed by atoms with E-state index in [-0.39, 0.29) is 0 Å². The molecule has 0 bridgehead atoms. The maximum absolute atomic E-state index is 4.54. The molecule has 0 saturated heterocycles. The van der Waals surface area contributed by atoms with E-state index in [1.807, 2.05) is 18.0 Å². The molecule has 1 saturated carbocycles. The molecule has 2 unspecified atom stereocenters. The lowest BCUT2D eigenvalue weighted by atomic mass is 10.1. The molecule has 1 aromatic carbocycles. The van der Waals surface area contributed by atoms with Crippen molar-refractivity contribution in [3.63, 3.8) is 0 Å². The Bertz CT molecular complexity index is 587. The molecule has 1 aliphatic rings. The Labute approximate surface area is 126 Å². The molecule has 0 spiro atoms. The highest BCUT2D eigenvalue weighted by Crippen LogP contribution is 2.33. The fraction of sp³-hybridized carbons (Fsp3) is 0.400. The number of nitrogens with one attached hydrogen (secondary N) is 1. The molecule has 1 fully saturated rings. The van der Waals surface area contributed by atoms with Crippen LogP contribution in [0.4, 0.5) is 5.82 Å². The van der Waals surface area contributed by atoms with Crippen molar-refractivity contribution in [1.82, 2.24) is 4.98 Å². The minimum Gasteiger partial charge on any atom is -0.366 e. The summed E-state index contributed by atoms with van der Waals surface area (Å²) in [6.45, 7) is 0. The normalized spacial score (nSPS) is 22.8. The molecule has 3 rings (SSSR count). The maximum atomic E-state index is 4.54. The van der Waals surface area contributed by atoms with Crippen molar-refractivity contribution in [3.8, 4) is 0 Å². The molecule has 1 aliphatic carbocycles. The highest BCUT2D eigenvalue weighted by molar-refractivity contribution is 9.10. The fourth-order valence-electron chi connectivity index (χ4n) is 2.83. The summed E-state index contributed by atoms with van der Waals surface area (Å²) in [4.78, 5) is 4.54. The number of anilines is 1. The van der Waals surface area contributed by atoms with E-state index < -0.39 is 0 Å². The molecule has 2 atom stereocenters. The van der Waals surface area contributed by atoms with Gasteiger partial charge in [0.1, 0.15) is 5.82 Å². The third-order valence-corrected chi connectivity index (χ3v) is 5.69. The first-order valence-electron chi connectivity index (χ1n) is 6.62. The third kappa shape index (κ3) is 2.61. The molecular formula is C15H17BrN2S. The van der Waals surface area contributed by atoms with E-state index in [0.29, 0.717) is 11.3 Å². The van der Waals surface area contributed by atoms with Gasteiger partial charge in [0.05, 0.1) is 0 Å². The Morgan fingerprint density at radius 1 is 1.26 bits per heavy atom. The Kier molecular flexibility index (Phi) is 3.99. The number of thioether (sulfide) groups is 1. The van der Waals surface area contributed by atoms with E-state index in [4.69, 9.17) is 0 Å². The second-order valence-corrected chi connectivity index (χ2v) is 6.88. The lowest BCUT2D eigenvalue weighted by Gasteiger charge is -2.20. The van der Waals surface area contributed by atoms with Crippen LogP contribution < -0.4 is 5.32 Å². The van der Waals surface area contributed by atoms with E-state index in [9.17, 15) is 0 Å². The number of aromatic nitrogens is 1. The van der Waals surface area contributed by atoms with Crippen LogP contribution in [0.3, 0.4) is 0 Å². The number of pyridine rings is 1. The summed E-state index contributed by atoms with van der Waals surface area (Å²) in [5.74, 6) is 1.02. The summed E-state index contributed by atoms with van der Waals surface area (Å²) < 4.78 is 1.13. The fourth-order valence-corrected chi connectivity index (χ4v) is 4.27. The van der Waals surface area contributed by atoms with Crippen LogP contribution in [0.2, 0.25) is 0 Å². The SMILES string of the molecule is CSC1CCCC1Nc1nccc2c(Br)cccc12. The number of hydrogen-bond acceptors (Lipinski definition) is 3. The van der Waals surface area contributed by atoms with E-state index in [0.717, 1.165) is 10.3 Å². The number of halogens is 1. The lowest BCUT2D eigenvalue weighted by molar-refractivity contribution is 0.765. The molecule has 19 heavy (non-hydrogen) atoms. The van der Waals surface area contributed by atoms with E-state index in [1.54, 1.807) is 0 Å². The molecule has 0 aliphatic heterocycles. The van der Waals surface area contributed by atoms with Gasteiger partial charge in [0, 0.05) is 32.7 Å². The minimum absolute atomic E-state index is 0.548. The predicted octanol–water partition coefficient (Wildman–Crippen LogP) is 4.69. The second-order valence-electron chi connectivity index (χ2n) is 4.95. The zero-order valence-corrected chi connectivity index (χ0v) is 13.3. The Morgan fingerprint density at radius 3 is 3.00 bits per heavy atom. The van der Waals surface area contributed by atoms with Crippen molar-refractivity contribution in [3.05, 3.63) is 34.9 Å². The van der Waals surface area contributed by atoms with Gasteiger partial charge in [0.15, 0.2) is 0 Å². The van der Waals surface area contributed by atoms with E-state index in [1.165, 1.54) is 30.0 Å². The summed E-state index contributed by atoms with van der Waals surface area (Å²) in [6, 6.07) is 8.89. The largest absolute Gasteiger partial charge is 0.366 e. The Morgan fingerprint density at radius 2 is 2.16 bits per heavy atom. The zero-order valence-electron chi connectivity index (χ0n) is 10.9. The van der Waals surface area contributed by atoms with Crippen LogP contribution in [0.5, 0.6) is 0 Å². The van der Waals surface area contributed by atoms with Gasteiger partial charge in [0.25, 0.3) is 0 Å². The van der Waals surface area contributed by atoms with Crippen molar-refractivity contribution < 1.29 is 0 Å².